The lowest BCUT2D eigenvalue weighted by Gasteiger charge is -2.37. The molecular weight excluding hydrogens is 414 g/mol. The molecule has 1 aliphatic heterocycles. The molecule has 4 rings (SSSR count). The number of hydrogen-bond donors (Lipinski definition) is 0. The molecule has 0 bridgehead atoms. The number of oxazole rings is 1. The molecule has 162 valence electrons. The molecule has 31 heavy (non-hydrogen) atoms. The van der Waals surface area contributed by atoms with E-state index in [-0.39, 0.29) is 24.5 Å². The number of benzene rings is 2. The molecule has 0 saturated carbocycles. The van der Waals surface area contributed by atoms with Gasteiger partial charge in [-0.05, 0) is 43.0 Å². The van der Waals surface area contributed by atoms with Crippen molar-refractivity contribution < 1.29 is 17.6 Å². The molecule has 0 aliphatic carbocycles. The van der Waals surface area contributed by atoms with Crippen LogP contribution in [0.1, 0.15) is 46.5 Å². The molecule has 3 aromatic rings. The van der Waals surface area contributed by atoms with Crippen molar-refractivity contribution in [1.29, 1.82) is 0 Å². The highest BCUT2D eigenvalue weighted by Crippen LogP contribution is 2.38. The van der Waals surface area contributed by atoms with Crippen LogP contribution in [-0.2, 0) is 16.6 Å². The Kier molecular flexibility index (Phi) is 5.93. The van der Waals surface area contributed by atoms with E-state index >= 15 is 0 Å². The van der Waals surface area contributed by atoms with Crippen LogP contribution in [0, 0.1) is 0 Å². The topological polar surface area (TPSA) is 83.7 Å². The Morgan fingerprint density at radius 3 is 2.48 bits per heavy atom. The molecule has 2 unspecified atom stereocenters. The van der Waals surface area contributed by atoms with E-state index in [0.29, 0.717) is 12.0 Å². The summed E-state index contributed by atoms with van der Waals surface area (Å²) in [6, 6.07) is 16.5. The predicted octanol–water partition coefficient (Wildman–Crippen LogP) is 4.01. The molecule has 1 fully saturated rings. The minimum absolute atomic E-state index is 0.0811. The number of carbonyl (C=O) groups excluding carboxylic acids is 1. The Labute approximate surface area is 182 Å². The zero-order valence-corrected chi connectivity index (χ0v) is 18.3. The van der Waals surface area contributed by atoms with E-state index in [1.54, 1.807) is 35.6 Å². The first-order valence-corrected chi connectivity index (χ1v) is 11.7. The molecule has 8 heteroatoms. The van der Waals surface area contributed by atoms with Gasteiger partial charge in [0.1, 0.15) is 11.5 Å². The van der Waals surface area contributed by atoms with Crippen LogP contribution in [0.15, 0.2) is 71.5 Å². The van der Waals surface area contributed by atoms with Gasteiger partial charge in [-0.1, -0.05) is 42.5 Å². The first-order valence-electron chi connectivity index (χ1n) is 10.2. The molecule has 1 amide bonds. The van der Waals surface area contributed by atoms with Gasteiger partial charge in [0.2, 0.25) is 10.0 Å². The van der Waals surface area contributed by atoms with Crippen LogP contribution in [0.25, 0.3) is 0 Å². The average molecular weight is 440 g/mol. The summed E-state index contributed by atoms with van der Waals surface area (Å²) in [5.41, 5.74) is 2.13. The molecule has 1 aromatic heterocycles. The molecule has 2 heterocycles. The molecule has 1 aliphatic rings. The standard InChI is InChI=1S/C23H25N3O4S/c1-17-8-13-21(19-6-4-3-5-7-19)31(28,29)26(17)16-18-9-11-20(12-10-18)22(27)25(2)23-24-14-15-30-23/h3-7,9-12,14-15,17,21H,8,13,16H2,1-2H3. The van der Waals surface area contributed by atoms with E-state index < -0.39 is 15.3 Å². The van der Waals surface area contributed by atoms with Gasteiger partial charge in [-0.3, -0.25) is 9.69 Å². The van der Waals surface area contributed by atoms with Gasteiger partial charge in [-0.25, -0.2) is 13.4 Å². The summed E-state index contributed by atoms with van der Waals surface area (Å²) in [5, 5.41) is -0.528. The van der Waals surface area contributed by atoms with Gasteiger partial charge in [0.25, 0.3) is 5.91 Å². The summed E-state index contributed by atoms with van der Waals surface area (Å²) in [6.07, 6.45) is 4.30. The number of hydrogen-bond acceptors (Lipinski definition) is 5. The van der Waals surface area contributed by atoms with Crippen molar-refractivity contribution >= 4 is 21.9 Å². The molecule has 0 radical (unpaired) electrons. The summed E-state index contributed by atoms with van der Waals surface area (Å²) in [4.78, 5) is 17.9. The maximum atomic E-state index is 13.4. The van der Waals surface area contributed by atoms with Gasteiger partial charge >= 0.3 is 6.01 Å². The number of aromatic nitrogens is 1. The predicted molar refractivity (Wildman–Crippen MR) is 118 cm³/mol. The third kappa shape index (κ3) is 4.26. The van der Waals surface area contributed by atoms with Gasteiger partial charge in [0.15, 0.2) is 0 Å². The number of nitrogens with zero attached hydrogens (tertiary/aromatic N) is 3. The minimum Gasteiger partial charge on any atom is -0.432 e. The fraction of sp³-hybridized carbons (Fsp3) is 0.304. The Balaban J connectivity index is 1.52. The number of carbonyl (C=O) groups is 1. The Hall–Kier alpha value is -2.97. The quantitative estimate of drug-likeness (QED) is 0.600. The lowest BCUT2D eigenvalue weighted by molar-refractivity contribution is 0.0988. The number of anilines is 1. The maximum Gasteiger partial charge on any atom is 0.303 e. The maximum absolute atomic E-state index is 13.4. The highest BCUT2D eigenvalue weighted by Gasteiger charge is 2.40. The summed E-state index contributed by atoms with van der Waals surface area (Å²) in [6.45, 7) is 2.22. The van der Waals surface area contributed by atoms with Crippen molar-refractivity contribution in [3.05, 3.63) is 83.7 Å². The van der Waals surface area contributed by atoms with Gasteiger partial charge < -0.3 is 4.42 Å². The fourth-order valence-electron chi connectivity index (χ4n) is 3.95. The van der Waals surface area contributed by atoms with Crippen LogP contribution in [0.5, 0.6) is 0 Å². The van der Waals surface area contributed by atoms with Crippen molar-refractivity contribution in [3.8, 4) is 0 Å². The fourth-order valence-corrected chi connectivity index (χ4v) is 6.14. The molecule has 2 aromatic carbocycles. The number of rotatable bonds is 5. The van der Waals surface area contributed by atoms with Crippen LogP contribution >= 0.6 is 0 Å². The summed E-state index contributed by atoms with van der Waals surface area (Å²) in [7, 11) is -1.91. The Morgan fingerprint density at radius 1 is 1.13 bits per heavy atom. The number of sulfonamides is 1. The van der Waals surface area contributed by atoms with Gasteiger partial charge in [-0.2, -0.15) is 4.31 Å². The SMILES string of the molecule is CC1CCC(c2ccccc2)S(=O)(=O)N1Cc1ccc(C(=O)N(C)c2ncco2)cc1. The van der Waals surface area contributed by atoms with Crippen LogP contribution in [-0.4, -0.2) is 36.7 Å². The lowest BCUT2D eigenvalue weighted by atomic mass is 10.0. The van der Waals surface area contributed by atoms with Crippen LogP contribution in [0.3, 0.4) is 0 Å². The monoisotopic (exact) mass is 439 g/mol. The Bertz CT molecular complexity index is 1130. The highest BCUT2D eigenvalue weighted by atomic mass is 32.2. The second-order valence-electron chi connectivity index (χ2n) is 7.79. The van der Waals surface area contributed by atoms with E-state index in [9.17, 15) is 13.2 Å². The Morgan fingerprint density at radius 2 is 1.84 bits per heavy atom. The smallest absolute Gasteiger partial charge is 0.303 e. The molecular formula is C23H25N3O4S. The zero-order chi connectivity index (χ0) is 22.0. The molecule has 0 N–H and O–H groups in total. The van der Waals surface area contributed by atoms with Crippen molar-refractivity contribution in [2.45, 2.75) is 37.6 Å². The van der Waals surface area contributed by atoms with E-state index in [1.165, 1.54) is 17.4 Å². The minimum atomic E-state index is -3.50. The highest BCUT2D eigenvalue weighted by molar-refractivity contribution is 7.89. The summed E-state index contributed by atoms with van der Waals surface area (Å²) >= 11 is 0. The number of amides is 1. The van der Waals surface area contributed by atoms with Crippen LogP contribution in [0.2, 0.25) is 0 Å². The van der Waals surface area contributed by atoms with Gasteiger partial charge in [0, 0.05) is 25.2 Å². The average Bonchev–Trinajstić information content (AvgIpc) is 3.31. The van der Waals surface area contributed by atoms with E-state index in [2.05, 4.69) is 4.98 Å². The first-order chi connectivity index (χ1) is 14.9. The third-order valence-electron chi connectivity index (χ3n) is 5.75. The summed E-state index contributed by atoms with van der Waals surface area (Å²) in [5.74, 6) is -0.253. The van der Waals surface area contributed by atoms with Crippen molar-refractivity contribution in [2.75, 3.05) is 11.9 Å². The van der Waals surface area contributed by atoms with Crippen LogP contribution < -0.4 is 4.90 Å². The molecule has 2 atom stereocenters. The van der Waals surface area contributed by atoms with E-state index in [4.69, 9.17) is 4.42 Å². The molecule has 7 nitrogen and oxygen atoms in total. The second kappa shape index (κ2) is 8.64. The van der Waals surface area contributed by atoms with Crippen molar-refractivity contribution in [1.82, 2.24) is 9.29 Å². The largest absolute Gasteiger partial charge is 0.432 e. The lowest BCUT2D eigenvalue weighted by Crippen LogP contribution is -2.44. The molecule has 0 spiro atoms. The molecule has 1 saturated heterocycles. The summed E-state index contributed by atoms with van der Waals surface area (Å²) < 4.78 is 33.5. The zero-order valence-electron chi connectivity index (χ0n) is 17.5. The van der Waals surface area contributed by atoms with E-state index in [0.717, 1.165) is 17.5 Å². The van der Waals surface area contributed by atoms with Crippen molar-refractivity contribution in [3.63, 3.8) is 0 Å². The van der Waals surface area contributed by atoms with Crippen molar-refractivity contribution in [2.24, 2.45) is 0 Å². The third-order valence-corrected chi connectivity index (χ3v) is 8.12. The van der Waals surface area contributed by atoms with E-state index in [1.807, 2.05) is 37.3 Å². The van der Waals surface area contributed by atoms with Gasteiger partial charge in [-0.15, -0.1) is 0 Å². The van der Waals surface area contributed by atoms with Gasteiger partial charge in [0.05, 0.1) is 6.20 Å². The second-order valence-corrected chi connectivity index (χ2v) is 9.86. The normalized spacial score (nSPS) is 21.0. The first kappa shape index (κ1) is 21.3. The van der Waals surface area contributed by atoms with Crippen LogP contribution in [0.4, 0.5) is 6.01 Å².